The molecule has 1 aliphatic rings. The van der Waals surface area contributed by atoms with E-state index in [0.29, 0.717) is 6.54 Å². The second kappa shape index (κ2) is 7.60. The summed E-state index contributed by atoms with van der Waals surface area (Å²) in [6, 6.07) is 14.6. The minimum absolute atomic E-state index is 0.0158. The molecule has 0 fully saturated rings. The van der Waals surface area contributed by atoms with Gasteiger partial charge in [-0.05, 0) is 42.5 Å². The van der Waals surface area contributed by atoms with Crippen LogP contribution in [0.15, 0.2) is 48.5 Å². The third-order valence-corrected chi connectivity index (χ3v) is 4.77. The van der Waals surface area contributed by atoms with Crippen LogP contribution in [-0.4, -0.2) is 24.5 Å². The zero-order valence-corrected chi connectivity index (χ0v) is 15.5. The number of anilines is 2. The summed E-state index contributed by atoms with van der Waals surface area (Å²) in [4.78, 5) is 27.3. The number of benzene rings is 2. The van der Waals surface area contributed by atoms with Gasteiger partial charge in [0.1, 0.15) is 6.04 Å². The molecule has 1 aliphatic heterocycles. The molecule has 26 heavy (non-hydrogen) atoms. The van der Waals surface area contributed by atoms with Gasteiger partial charge in [0.25, 0.3) is 0 Å². The lowest BCUT2D eigenvalue weighted by molar-refractivity contribution is -0.121. The van der Waals surface area contributed by atoms with Gasteiger partial charge in [-0.1, -0.05) is 50.2 Å². The van der Waals surface area contributed by atoms with E-state index >= 15 is 0 Å². The van der Waals surface area contributed by atoms with Crippen LogP contribution in [0.25, 0.3) is 0 Å². The van der Waals surface area contributed by atoms with Gasteiger partial charge in [0, 0.05) is 17.9 Å². The Morgan fingerprint density at radius 1 is 1.04 bits per heavy atom. The number of rotatable bonds is 4. The van der Waals surface area contributed by atoms with Gasteiger partial charge < -0.3 is 15.5 Å². The van der Waals surface area contributed by atoms with E-state index in [-0.39, 0.29) is 17.9 Å². The molecule has 1 heterocycles. The summed E-state index contributed by atoms with van der Waals surface area (Å²) in [6.07, 6.45) is 0.849. The van der Waals surface area contributed by atoms with Gasteiger partial charge in [0.05, 0.1) is 0 Å². The molecule has 2 aromatic carbocycles. The van der Waals surface area contributed by atoms with E-state index in [0.717, 1.165) is 23.4 Å². The highest BCUT2D eigenvalue weighted by molar-refractivity contribution is 6.02. The van der Waals surface area contributed by atoms with Crippen molar-refractivity contribution in [2.75, 3.05) is 16.8 Å². The maximum absolute atomic E-state index is 13.1. The highest BCUT2D eigenvalue weighted by Crippen LogP contribution is 2.28. The molecule has 2 aromatic rings. The number of nitrogens with one attached hydrogen (secondary N) is 2. The van der Waals surface area contributed by atoms with Crippen molar-refractivity contribution in [3.05, 3.63) is 59.7 Å². The van der Waals surface area contributed by atoms with Crippen molar-refractivity contribution in [1.29, 1.82) is 0 Å². The standard InChI is InChI=1S/C21H25N3O2/c1-14(2)19(23-21(26)22-17-10-6-4-8-15(17)3)20(25)24-13-12-16-9-5-7-11-18(16)24/h4-11,14,19H,12-13H2,1-3H3,(H2,22,23,26)/t19-/m0/s1. The Bertz CT molecular complexity index is 816. The Morgan fingerprint density at radius 2 is 1.73 bits per heavy atom. The predicted octanol–water partition coefficient (Wildman–Crippen LogP) is 3.73. The summed E-state index contributed by atoms with van der Waals surface area (Å²) in [5.41, 5.74) is 3.84. The van der Waals surface area contributed by atoms with Gasteiger partial charge in [-0.2, -0.15) is 0 Å². The van der Waals surface area contributed by atoms with Gasteiger partial charge in [-0.15, -0.1) is 0 Å². The predicted molar refractivity (Wildman–Crippen MR) is 104 cm³/mol. The number of para-hydroxylation sites is 2. The third-order valence-electron chi connectivity index (χ3n) is 4.77. The lowest BCUT2D eigenvalue weighted by Gasteiger charge is -2.27. The van der Waals surface area contributed by atoms with Crippen molar-refractivity contribution < 1.29 is 9.59 Å². The van der Waals surface area contributed by atoms with Crippen LogP contribution in [0.5, 0.6) is 0 Å². The number of hydrogen-bond donors (Lipinski definition) is 2. The van der Waals surface area contributed by atoms with E-state index in [1.54, 1.807) is 4.90 Å². The molecule has 3 rings (SSSR count). The summed E-state index contributed by atoms with van der Waals surface area (Å²) >= 11 is 0. The number of carbonyl (C=O) groups excluding carboxylic acids is 2. The smallest absolute Gasteiger partial charge is 0.319 e. The minimum Gasteiger partial charge on any atom is -0.326 e. The zero-order valence-electron chi connectivity index (χ0n) is 15.5. The van der Waals surface area contributed by atoms with Crippen LogP contribution in [0.2, 0.25) is 0 Å². The van der Waals surface area contributed by atoms with E-state index in [9.17, 15) is 9.59 Å². The van der Waals surface area contributed by atoms with Crippen LogP contribution in [0, 0.1) is 12.8 Å². The second-order valence-electron chi connectivity index (χ2n) is 7.00. The molecular weight excluding hydrogens is 326 g/mol. The monoisotopic (exact) mass is 351 g/mol. The summed E-state index contributed by atoms with van der Waals surface area (Å²) in [5.74, 6) is -0.0808. The Labute approximate surface area is 154 Å². The molecule has 0 bridgehead atoms. The molecule has 0 aliphatic carbocycles. The van der Waals surface area contributed by atoms with Crippen molar-refractivity contribution in [3.63, 3.8) is 0 Å². The Morgan fingerprint density at radius 3 is 2.46 bits per heavy atom. The van der Waals surface area contributed by atoms with E-state index in [2.05, 4.69) is 10.6 Å². The Kier molecular flexibility index (Phi) is 5.26. The summed E-state index contributed by atoms with van der Waals surface area (Å²) in [5, 5.41) is 5.70. The molecule has 5 heteroatoms. The average Bonchev–Trinajstić information content (AvgIpc) is 3.05. The van der Waals surface area contributed by atoms with Crippen LogP contribution in [0.3, 0.4) is 0 Å². The first kappa shape index (κ1) is 18.0. The summed E-state index contributed by atoms with van der Waals surface area (Å²) in [6.45, 7) is 6.47. The van der Waals surface area contributed by atoms with E-state index in [1.165, 1.54) is 5.56 Å². The lowest BCUT2D eigenvalue weighted by Crippen LogP contribution is -2.52. The second-order valence-corrected chi connectivity index (χ2v) is 7.00. The minimum atomic E-state index is -0.579. The molecule has 0 saturated carbocycles. The summed E-state index contributed by atoms with van der Waals surface area (Å²) in [7, 11) is 0. The van der Waals surface area contributed by atoms with Crippen molar-refractivity contribution in [2.24, 2.45) is 5.92 Å². The highest BCUT2D eigenvalue weighted by Gasteiger charge is 2.32. The SMILES string of the molecule is Cc1ccccc1NC(=O)N[C@H](C(=O)N1CCc2ccccc21)C(C)C. The van der Waals surface area contributed by atoms with Crippen LogP contribution in [0.1, 0.15) is 25.0 Å². The van der Waals surface area contributed by atoms with E-state index < -0.39 is 6.04 Å². The Hall–Kier alpha value is -2.82. The van der Waals surface area contributed by atoms with E-state index in [1.807, 2.05) is 69.3 Å². The third kappa shape index (κ3) is 3.72. The largest absolute Gasteiger partial charge is 0.326 e. The molecule has 136 valence electrons. The maximum atomic E-state index is 13.1. The van der Waals surface area contributed by atoms with Crippen LogP contribution < -0.4 is 15.5 Å². The number of nitrogens with zero attached hydrogens (tertiary/aromatic N) is 1. The Balaban J connectivity index is 1.72. The molecular formula is C21H25N3O2. The molecule has 0 unspecified atom stereocenters. The number of carbonyl (C=O) groups is 2. The number of amides is 3. The molecule has 1 atom stereocenters. The fourth-order valence-corrected chi connectivity index (χ4v) is 3.26. The van der Waals surface area contributed by atoms with E-state index in [4.69, 9.17) is 0 Å². The van der Waals surface area contributed by atoms with Crippen LogP contribution in [0.4, 0.5) is 16.2 Å². The fourth-order valence-electron chi connectivity index (χ4n) is 3.26. The molecule has 5 nitrogen and oxygen atoms in total. The van der Waals surface area contributed by atoms with Crippen molar-refractivity contribution in [1.82, 2.24) is 5.32 Å². The van der Waals surface area contributed by atoms with Gasteiger partial charge in [-0.3, -0.25) is 4.79 Å². The van der Waals surface area contributed by atoms with Crippen LogP contribution in [-0.2, 0) is 11.2 Å². The normalized spacial score (nSPS) is 14.1. The molecule has 0 saturated heterocycles. The fraction of sp³-hybridized carbons (Fsp3) is 0.333. The number of urea groups is 1. The quantitative estimate of drug-likeness (QED) is 0.882. The molecule has 2 N–H and O–H groups in total. The highest BCUT2D eigenvalue weighted by atomic mass is 16.2. The lowest BCUT2D eigenvalue weighted by atomic mass is 10.0. The first-order valence-electron chi connectivity index (χ1n) is 9.00. The maximum Gasteiger partial charge on any atom is 0.319 e. The average molecular weight is 351 g/mol. The van der Waals surface area contributed by atoms with Gasteiger partial charge >= 0.3 is 6.03 Å². The molecule has 0 spiro atoms. The van der Waals surface area contributed by atoms with Gasteiger partial charge in [-0.25, -0.2) is 4.79 Å². The zero-order chi connectivity index (χ0) is 18.7. The number of aryl methyl sites for hydroxylation is 1. The first-order valence-corrected chi connectivity index (χ1v) is 9.00. The van der Waals surface area contributed by atoms with Crippen molar-refractivity contribution >= 4 is 23.3 Å². The molecule has 3 amide bonds. The van der Waals surface area contributed by atoms with Gasteiger partial charge in [0.2, 0.25) is 5.91 Å². The van der Waals surface area contributed by atoms with Crippen molar-refractivity contribution in [3.8, 4) is 0 Å². The topological polar surface area (TPSA) is 61.4 Å². The first-order chi connectivity index (χ1) is 12.5. The van der Waals surface area contributed by atoms with Crippen molar-refractivity contribution in [2.45, 2.75) is 33.2 Å². The summed E-state index contributed by atoms with van der Waals surface area (Å²) < 4.78 is 0. The molecule has 0 aromatic heterocycles. The number of fused-ring (bicyclic) bond motifs is 1. The molecule has 0 radical (unpaired) electrons. The number of hydrogen-bond acceptors (Lipinski definition) is 2. The van der Waals surface area contributed by atoms with Crippen LogP contribution >= 0.6 is 0 Å². The van der Waals surface area contributed by atoms with Gasteiger partial charge in [0.15, 0.2) is 0 Å².